The predicted octanol–water partition coefficient (Wildman–Crippen LogP) is 3.35. The van der Waals surface area contributed by atoms with Crippen LogP contribution in [0.3, 0.4) is 0 Å². The van der Waals surface area contributed by atoms with E-state index in [2.05, 4.69) is 12.2 Å². The van der Waals surface area contributed by atoms with Crippen molar-refractivity contribution in [1.29, 1.82) is 0 Å². The van der Waals surface area contributed by atoms with Crippen molar-refractivity contribution in [1.82, 2.24) is 8.87 Å². The van der Waals surface area contributed by atoms with Crippen LogP contribution in [0.15, 0.2) is 41.4 Å². The topological polar surface area (TPSA) is 71.4 Å². The lowest BCUT2D eigenvalue weighted by atomic mass is 10.0. The molecule has 0 bridgehead atoms. The molecule has 1 saturated heterocycles. The number of aromatic nitrogens is 1. The standard InChI is InChI=1S/C18H22ClN3O3S/c1-13-4-3-9-22(11-13)26(24,25)16-10-17(21(2)12-16)18(23)20-15-7-5-14(19)6-8-15/h5-8,10,12-13H,3-4,9,11H2,1-2H3,(H,20,23)/t13-/m0/s1. The zero-order chi connectivity index (χ0) is 18.9. The third-order valence-electron chi connectivity index (χ3n) is 4.57. The molecular formula is C18H22ClN3O3S. The Morgan fingerprint density at radius 3 is 2.62 bits per heavy atom. The minimum atomic E-state index is -3.59. The molecule has 0 saturated carbocycles. The maximum atomic E-state index is 12.9. The monoisotopic (exact) mass is 395 g/mol. The highest BCUT2D eigenvalue weighted by Crippen LogP contribution is 2.25. The quantitative estimate of drug-likeness (QED) is 0.862. The molecule has 0 unspecified atom stereocenters. The van der Waals surface area contributed by atoms with Crippen LogP contribution in [0.4, 0.5) is 5.69 Å². The zero-order valence-electron chi connectivity index (χ0n) is 14.8. The van der Waals surface area contributed by atoms with Crippen LogP contribution >= 0.6 is 11.6 Å². The minimum Gasteiger partial charge on any atom is -0.345 e. The summed E-state index contributed by atoms with van der Waals surface area (Å²) in [6.07, 6.45) is 3.39. The van der Waals surface area contributed by atoms with Gasteiger partial charge in [-0.25, -0.2) is 8.42 Å². The van der Waals surface area contributed by atoms with Gasteiger partial charge in [0.05, 0.1) is 0 Å². The van der Waals surface area contributed by atoms with Gasteiger partial charge in [-0.05, 0) is 49.1 Å². The number of carbonyl (C=O) groups is 1. The molecule has 2 heterocycles. The van der Waals surface area contributed by atoms with Gasteiger partial charge in [0.25, 0.3) is 5.91 Å². The predicted molar refractivity (Wildman–Crippen MR) is 102 cm³/mol. The molecule has 1 N–H and O–H groups in total. The maximum Gasteiger partial charge on any atom is 0.272 e. The molecule has 1 aromatic carbocycles. The van der Waals surface area contributed by atoms with E-state index >= 15 is 0 Å². The minimum absolute atomic E-state index is 0.148. The maximum absolute atomic E-state index is 12.9. The van der Waals surface area contributed by atoms with E-state index in [0.29, 0.717) is 29.7 Å². The number of piperidine rings is 1. The van der Waals surface area contributed by atoms with E-state index in [1.807, 2.05) is 0 Å². The molecule has 1 amide bonds. The van der Waals surface area contributed by atoms with Gasteiger partial charge in [-0.15, -0.1) is 0 Å². The molecule has 3 rings (SSSR count). The van der Waals surface area contributed by atoms with E-state index in [1.54, 1.807) is 31.3 Å². The molecule has 140 valence electrons. The molecule has 0 radical (unpaired) electrons. The smallest absolute Gasteiger partial charge is 0.272 e. The summed E-state index contributed by atoms with van der Waals surface area (Å²) in [5, 5.41) is 3.33. The second kappa shape index (κ2) is 7.42. The fourth-order valence-electron chi connectivity index (χ4n) is 3.14. The van der Waals surface area contributed by atoms with Crippen molar-refractivity contribution in [3.8, 4) is 0 Å². The molecule has 8 heteroatoms. The SMILES string of the molecule is C[C@H]1CCCN(S(=O)(=O)c2cc(C(=O)Nc3ccc(Cl)cc3)n(C)c2)C1. The highest BCUT2D eigenvalue weighted by Gasteiger charge is 2.30. The molecule has 6 nitrogen and oxygen atoms in total. The van der Waals surface area contributed by atoms with E-state index in [9.17, 15) is 13.2 Å². The van der Waals surface area contributed by atoms with Crippen LogP contribution in [-0.2, 0) is 17.1 Å². The lowest BCUT2D eigenvalue weighted by molar-refractivity contribution is 0.101. The van der Waals surface area contributed by atoms with Gasteiger partial charge < -0.3 is 9.88 Å². The number of rotatable bonds is 4. The normalized spacial score (nSPS) is 18.7. The highest BCUT2D eigenvalue weighted by molar-refractivity contribution is 7.89. The first-order valence-electron chi connectivity index (χ1n) is 8.51. The summed E-state index contributed by atoms with van der Waals surface area (Å²) in [4.78, 5) is 12.7. The average molecular weight is 396 g/mol. The van der Waals surface area contributed by atoms with Gasteiger partial charge in [-0.3, -0.25) is 4.79 Å². The Hall–Kier alpha value is -1.83. The Kier molecular flexibility index (Phi) is 5.41. The largest absolute Gasteiger partial charge is 0.345 e. The van der Waals surface area contributed by atoms with Crippen LogP contribution in [0.2, 0.25) is 5.02 Å². The number of benzene rings is 1. The van der Waals surface area contributed by atoms with Crippen molar-refractivity contribution in [2.45, 2.75) is 24.7 Å². The molecule has 26 heavy (non-hydrogen) atoms. The van der Waals surface area contributed by atoms with E-state index in [4.69, 9.17) is 11.6 Å². The van der Waals surface area contributed by atoms with E-state index in [1.165, 1.54) is 21.1 Å². The third-order valence-corrected chi connectivity index (χ3v) is 6.65. The van der Waals surface area contributed by atoms with E-state index < -0.39 is 10.0 Å². The number of aryl methyl sites for hydroxylation is 1. The Bertz CT molecular complexity index is 906. The first-order valence-corrected chi connectivity index (χ1v) is 10.3. The zero-order valence-corrected chi connectivity index (χ0v) is 16.3. The van der Waals surface area contributed by atoms with Crippen LogP contribution in [0.1, 0.15) is 30.3 Å². The van der Waals surface area contributed by atoms with Crippen LogP contribution in [0.5, 0.6) is 0 Å². The first kappa shape index (κ1) is 18.9. The van der Waals surface area contributed by atoms with Crippen LogP contribution in [0, 0.1) is 5.92 Å². The fraction of sp³-hybridized carbons (Fsp3) is 0.389. The molecule has 0 aliphatic carbocycles. The fourth-order valence-corrected chi connectivity index (χ4v) is 4.94. The van der Waals surface area contributed by atoms with Gasteiger partial charge >= 0.3 is 0 Å². The highest BCUT2D eigenvalue weighted by atomic mass is 35.5. The molecule has 1 aliphatic heterocycles. The number of sulfonamides is 1. The number of hydrogen-bond acceptors (Lipinski definition) is 3. The Morgan fingerprint density at radius 2 is 1.96 bits per heavy atom. The summed E-state index contributed by atoms with van der Waals surface area (Å²) in [7, 11) is -1.93. The number of hydrogen-bond donors (Lipinski definition) is 1. The molecule has 1 fully saturated rings. The van der Waals surface area contributed by atoms with Gasteiger partial charge in [0.1, 0.15) is 10.6 Å². The van der Waals surface area contributed by atoms with Crippen molar-refractivity contribution in [3.63, 3.8) is 0 Å². The van der Waals surface area contributed by atoms with Crippen LogP contribution < -0.4 is 5.32 Å². The molecule has 1 aliphatic rings. The number of amides is 1. The number of nitrogens with zero attached hydrogens (tertiary/aromatic N) is 2. The molecule has 2 aromatic rings. The number of anilines is 1. The van der Waals surface area contributed by atoms with Gasteiger partial charge in [0.2, 0.25) is 10.0 Å². The van der Waals surface area contributed by atoms with Crippen molar-refractivity contribution in [2.75, 3.05) is 18.4 Å². The molecule has 1 aromatic heterocycles. The number of halogens is 1. The summed E-state index contributed by atoms with van der Waals surface area (Å²) in [5.74, 6) is -0.0294. The van der Waals surface area contributed by atoms with Gasteiger partial charge in [-0.2, -0.15) is 4.31 Å². The Balaban J connectivity index is 1.81. The van der Waals surface area contributed by atoms with Crippen molar-refractivity contribution < 1.29 is 13.2 Å². The lowest BCUT2D eigenvalue weighted by Crippen LogP contribution is -2.38. The second-order valence-corrected chi connectivity index (χ2v) is 9.12. The summed E-state index contributed by atoms with van der Waals surface area (Å²) < 4.78 is 28.8. The molecule has 0 spiro atoms. The lowest BCUT2D eigenvalue weighted by Gasteiger charge is -2.29. The van der Waals surface area contributed by atoms with Crippen molar-refractivity contribution in [2.24, 2.45) is 13.0 Å². The summed E-state index contributed by atoms with van der Waals surface area (Å²) >= 11 is 5.84. The van der Waals surface area contributed by atoms with Gasteiger partial charge in [0, 0.05) is 37.0 Å². The molecule has 1 atom stereocenters. The average Bonchev–Trinajstić information content (AvgIpc) is 3.00. The van der Waals surface area contributed by atoms with E-state index in [-0.39, 0.29) is 16.5 Å². The summed E-state index contributed by atoms with van der Waals surface area (Å²) in [6, 6.07) is 8.16. The van der Waals surface area contributed by atoms with Crippen LogP contribution in [0.25, 0.3) is 0 Å². The second-order valence-electron chi connectivity index (χ2n) is 6.74. The first-order chi connectivity index (χ1) is 12.3. The van der Waals surface area contributed by atoms with Crippen LogP contribution in [-0.4, -0.2) is 36.3 Å². The third kappa shape index (κ3) is 3.95. The van der Waals surface area contributed by atoms with Gasteiger partial charge in [-0.1, -0.05) is 18.5 Å². The molecular weight excluding hydrogens is 374 g/mol. The number of nitrogens with one attached hydrogen (secondary N) is 1. The van der Waals surface area contributed by atoms with E-state index in [0.717, 1.165) is 12.8 Å². The van der Waals surface area contributed by atoms with Crippen molar-refractivity contribution in [3.05, 3.63) is 47.2 Å². The van der Waals surface area contributed by atoms with Crippen molar-refractivity contribution >= 4 is 33.2 Å². The summed E-state index contributed by atoms with van der Waals surface area (Å²) in [6.45, 7) is 3.09. The Morgan fingerprint density at radius 1 is 1.27 bits per heavy atom. The van der Waals surface area contributed by atoms with Gasteiger partial charge in [0.15, 0.2) is 0 Å². The number of carbonyl (C=O) groups excluding carboxylic acids is 1. The Labute approximate surface area is 158 Å². The summed E-state index contributed by atoms with van der Waals surface area (Å²) in [5.41, 5.74) is 0.874.